The second-order valence-corrected chi connectivity index (χ2v) is 4.82. The first-order chi connectivity index (χ1) is 8.69. The van der Waals surface area contributed by atoms with Crippen molar-refractivity contribution in [1.82, 2.24) is 9.80 Å². The molecule has 1 heterocycles. The van der Waals surface area contributed by atoms with Crippen molar-refractivity contribution < 1.29 is 4.39 Å². The second-order valence-electron chi connectivity index (χ2n) is 4.82. The summed E-state index contributed by atoms with van der Waals surface area (Å²) >= 11 is 0. The van der Waals surface area contributed by atoms with Crippen molar-refractivity contribution in [3.8, 4) is 6.07 Å². The molecule has 0 bridgehead atoms. The van der Waals surface area contributed by atoms with Crippen molar-refractivity contribution >= 4 is 0 Å². The van der Waals surface area contributed by atoms with Crippen molar-refractivity contribution in [2.24, 2.45) is 0 Å². The standard InChI is InChI=1S/C14H18FN3/c1-17-6-8-18(9-7-17)5-4-12-2-3-13(11-16)14(15)10-12/h2-3,10H,4-9H2,1H3. The van der Waals surface area contributed by atoms with Crippen LogP contribution in [0.15, 0.2) is 18.2 Å². The van der Waals surface area contributed by atoms with Gasteiger partial charge in [0, 0.05) is 32.7 Å². The highest BCUT2D eigenvalue weighted by atomic mass is 19.1. The Labute approximate surface area is 107 Å². The van der Waals surface area contributed by atoms with E-state index in [1.807, 2.05) is 12.1 Å². The van der Waals surface area contributed by atoms with E-state index >= 15 is 0 Å². The van der Waals surface area contributed by atoms with Crippen LogP contribution in [0, 0.1) is 17.1 Å². The van der Waals surface area contributed by atoms with E-state index in [9.17, 15) is 4.39 Å². The minimum atomic E-state index is -0.409. The molecule has 0 aliphatic carbocycles. The largest absolute Gasteiger partial charge is 0.304 e. The fourth-order valence-corrected chi connectivity index (χ4v) is 2.16. The first kappa shape index (κ1) is 13.0. The van der Waals surface area contributed by atoms with E-state index in [4.69, 9.17) is 5.26 Å². The molecule has 18 heavy (non-hydrogen) atoms. The average molecular weight is 247 g/mol. The molecule has 0 atom stereocenters. The molecule has 1 aliphatic rings. The predicted molar refractivity (Wildman–Crippen MR) is 68.8 cm³/mol. The molecule has 2 rings (SSSR count). The third kappa shape index (κ3) is 3.28. The number of halogens is 1. The zero-order valence-electron chi connectivity index (χ0n) is 10.7. The van der Waals surface area contributed by atoms with Gasteiger partial charge in [-0.25, -0.2) is 4.39 Å². The van der Waals surface area contributed by atoms with Gasteiger partial charge in [-0.1, -0.05) is 6.07 Å². The highest BCUT2D eigenvalue weighted by Crippen LogP contribution is 2.11. The lowest BCUT2D eigenvalue weighted by molar-refractivity contribution is 0.155. The molecule has 0 spiro atoms. The van der Waals surface area contributed by atoms with Crippen LogP contribution in [0.4, 0.5) is 4.39 Å². The number of rotatable bonds is 3. The van der Waals surface area contributed by atoms with E-state index in [2.05, 4.69) is 16.8 Å². The summed E-state index contributed by atoms with van der Waals surface area (Å²) in [5, 5.41) is 8.67. The summed E-state index contributed by atoms with van der Waals surface area (Å²) in [6.07, 6.45) is 0.840. The summed E-state index contributed by atoms with van der Waals surface area (Å²) < 4.78 is 13.4. The summed E-state index contributed by atoms with van der Waals surface area (Å²) in [4.78, 5) is 4.72. The lowest BCUT2D eigenvalue weighted by Crippen LogP contribution is -2.45. The number of benzene rings is 1. The van der Waals surface area contributed by atoms with Gasteiger partial charge in [-0.05, 0) is 31.2 Å². The molecule has 1 aromatic carbocycles. The highest BCUT2D eigenvalue weighted by Gasteiger charge is 2.13. The Morgan fingerprint density at radius 2 is 2.00 bits per heavy atom. The van der Waals surface area contributed by atoms with Crippen LogP contribution in [0.2, 0.25) is 0 Å². The van der Waals surface area contributed by atoms with E-state index < -0.39 is 5.82 Å². The van der Waals surface area contributed by atoms with Gasteiger partial charge in [-0.2, -0.15) is 5.26 Å². The van der Waals surface area contributed by atoms with Gasteiger partial charge in [0.1, 0.15) is 11.9 Å². The SMILES string of the molecule is CN1CCN(CCc2ccc(C#N)c(F)c2)CC1. The molecule has 0 saturated carbocycles. The zero-order valence-corrected chi connectivity index (χ0v) is 10.7. The summed E-state index contributed by atoms with van der Waals surface area (Å²) in [7, 11) is 2.13. The van der Waals surface area contributed by atoms with Crippen LogP contribution in [-0.2, 0) is 6.42 Å². The van der Waals surface area contributed by atoms with Crippen LogP contribution in [0.5, 0.6) is 0 Å². The second kappa shape index (κ2) is 5.94. The molecular formula is C14H18FN3. The topological polar surface area (TPSA) is 30.3 Å². The molecule has 0 amide bonds. The van der Waals surface area contributed by atoms with E-state index in [-0.39, 0.29) is 5.56 Å². The van der Waals surface area contributed by atoms with E-state index in [1.165, 1.54) is 6.07 Å². The van der Waals surface area contributed by atoms with Crippen LogP contribution in [0.25, 0.3) is 0 Å². The molecule has 0 aromatic heterocycles. The molecule has 0 N–H and O–H groups in total. The molecule has 4 heteroatoms. The van der Waals surface area contributed by atoms with Gasteiger partial charge in [-0.15, -0.1) is 0 Å². The summed E-state index contributed by atoms with van der Waals surface area (Å²) in [5.41, 5.74) is 1.09. The normalized spacial score (nSPS) is 17.6. The summed E-state index contributed by atoms with van der Waals surface area (Å²) in [6.45, 7) is 5.31. The minimum absolute atomic E-state index is 0.123. The highest BCUT2D eigenvalue weighted by molar-refractivity contribution is 5.33. The Bertz CT molecular complexity index is 445. The lowest BCUT2D eigenvalue weighted by atomic mass is 10.1. The van der Waals surface area contributed by atoms with Gasteiger partial charge < -0.3 is 9.80 Å². The summed E-state index contributed by atoms with van der Waals surface area (Å²) in [5.74, 6) is -0.409. The molecule has 1 aromatic rings. The fraction of sp³-hybridized carbons (Fsp3) is 0.500. The smallest absolute Gasteiger partial charge is 0.141 e. The van der Waals surface area contributed by atoms with Gasteiger partial charge in [0.15, 0.2) is 0 Å². The third-order valence-corrected chi connectivity index (χ3v) is 3.47. The monoisotopic (exact) mass is 247 g/mol. The van der Waals surface area contributed by atoms with E-state index in [1.54, 1.807) is 6.07 Å². The van der Waals surface area contributed by atoms with Crippen LogP contribution >= 0.6 is 0 Å². The maximum absolute atomic E-state index is 13.4. The maximum Gasteiger partial charge on any atom is 0.141 e. The molecule has 1 saturated heterocycles. The number of nitrogens with zero attached hydrogens (tertiary/aromatic N) is 3. The molecule has 96 valence electrons. The number of hydrogen-bond donors (Lipinski definition) is 0. The molecule has 0 unspecified atom stereocenters. The van der Waals surface area contributed by atoms with E-state index in [0.29, 0.717) is 0 Å². The Kier molecular flexibility index (Phi) is 4.29. The lowest BCUT2D eigenvalue weighted by Gasteiger charge is -2.32. The predicted octanol–water partition coefficient (Wildman–Crippen LogP) is 1.49. The van der Waals surface area contributed by atoms with Gasteiger partial charge in [-0.3, -0.25) is 0 Å². The fourth-order valence-electron chi connectivity index (χ4n) is 2.16. The van der Waals surface area contributed by atoms with Gasteiger partial charge in [0.05, 0.1) is 5.56 Å². The first-order valence-electron chi connectivity index (χ1n) is 6.28. The zero-order chi connectivity index (χ0) is 13.0. The van der Waals surface area contributed by atoms with Crippen LogP contribution in [-0.4, -0.2) is 49.6 Å². The van der Waals surface area contributed by atoms with Crippen molar-refractivity contribution in [3.05, 3.63) is 35.1 Å². The minimum Gasteiger partial charge on any atom is -0.304 e. The first-order valence-corrected chi connectivity index (χ1v) is 6.28. The van der Waals surface area contributed by atoms with E-state index in [0.717, 1.165) is 44.7 Å². The third-order valence-electron chi connectivity index (χ3n) is 3.47. The van der Waals surface area contributed by atoms with Crippen molar-refractivity contribution in [3.63, 3.8) is 0 Å². The van der Waals surface area contributed by atoms with Crippen molar-refractivity contribution in [1.29, 1.82) is 5.26 Å². The number of hydrogen-bond acceptors (Lipinski definition) is 3. The maximum atomic E-state index is 13.4. The Balaban J connectivity index is 1.87. The Morgan fingerprint density at radius 3 is 2.61 bits per heavy atom. The molecule has 1 aliphatic heterocycles. The molecular weight excluding hydrogens is 229 g/mol. The molecule has 1 fully saturated rings. The van der Waals surface area contributed by atoms with Crippen LogP contribution in [0.3, 0.4) is 0 Å². The average Bonchev–Trinajstić information content (AvgIpc) is 2.38. The summed E-state index contributed by atoms with van der Waals surface area (Å²) in [6, 6.07) is 6.73. The van der Waals surface area contributed by atoms with Crippen molar-refractivity contribution in [2.45, 2.75) is 6.42 Å². The Morgan fingerprint density at radius 1 is 1.28 bits per heavy atom. The van der Waals surface area contributed by atoms with Gasteiger partial charge >= 0.3 is 0 Å². The number of likely N-dealkylation sites (N-methyl/N-ethyl adjacent to an activating group) is 1. The van der Waals surface area contributed by atoms with Crippen molar-refractivity contribution in [2.75, 3.05) is 39.8 Å². The molecule has 3 nitrogen and oxygen atoms in total. The quantitative estimate of drug-likeness (QED) is 0.810. The Hall–Kier alpha value is -1.44. The molecule has 0 radical (unpaired) electrons. The number of nitriles is 1. The van der Waals surface area contributed by atoms with Gasteiger partial charge in [0.2, 0.25) is 0 Å². The van der Waals surface area contributed by atoms with Crippen LogP contribution < -0.4 is 0 Å². The van der Waals surface area contributed by atoms with Crippen LogP contribution in [0.1, 0.15) is 11.1 Å². The number of piperazine rings is 1. The van der Waals surface area contributed by atoms with Gasteiger partial charge in [0.25, 0.3) is 0 Å².